The van der Waals surface area contributed by atoms with Crippen molar-refractivity contribution in [2.45, 2.75) is 13.3 Å². The Morgan fingerprint density at radius 1 is 1.60 bits per heavy atom. The molecule has 5 heteroatoms. The van der Waals surface area contributed by atoms with Gasteiger partial charge in [0, 0.05) is 25.0 Å². The first kappa shape index (κ1) is 12.2. The van der Waals surface area contributed by atoms with E-state index in [4.69, 9.17) is 5.73 Å². The van der Waals surface area contributed by atoms with E-state index in [9.17, 15) is 0 Å². The van der Waals surface area contributed by atoms with Crippen molar-refractivity contribution >= 4 is 18.4 Å². The highest BCUT2D eigenvalue weighted by molar-refractivity contribution is 5.85. The molecule has 0 aromatic carbocycles. The molecule has 1 atom stereocenters. The average molecular weight is 229 g/mol. The van der Waals surface area contributed by atoms with Gasteiger partial charge in [-0.3, -0.25) is 0 Å². The van der Waals surface area contributed by atoms with Crippen molar-refractivity contribution < 1.29 is 0 Å². The molecule has 2 heterocycles. The molecule has 2 N–H and O–H groups in total. The van der Waals surface area contributed by atoms with Crippen LogP contribution in [0.5, 0.6) is 0 Å². The number of hydrogen-bond donors (Lipinski definition) is 1. The number of nitrogens with two attached hydrogens (primary N) is 1. The highest BCUT2D eigenvalue weighted by atomic mass is 35.5. The van der Waals surface area contributed by atoms with Crippen molar-refractivity contribution in [3.05, 3.63) is 18.0 Å². The van der Waals surface area contributed by atoms with E-state index in [0.717, 1.165) is 37.7 Å². The van der Waals surface area contributed by atoms with Gasteiger partial charge in [0.2, 0.25) is 5.95 Å². The van der Waals surface area contributed by atoms with Gasteiger partial charge in [-0.25, -0.2) is 9.97 Å². The Kier molecular flexibility index (Phi) is 4.29. The molecule has 0 radical (unpaired) electrons. The van der Waals surface area contributed by atoms with Gasteiger partial charge in [-0.05, 0) is 31.9 Å². The van der Waals surface area contributed by atoms with Gasteiger partial charge >= 0.3 is 0 Å². The fourth-order valence-corrected chi connectivity index (χ4v) is 1.79. The molecule has 0 bridgehead atoms. The number of aromatic nitrogens is 2. The lowest BCUT2D eigenvalue weighted by atomic mass is 10.1. The summed E-state index contributed by atoms with van der Waals surface area (Å²) in [5, 5.41) is 0. The largest absolute Gasteiger partial charge is 0.340 e. The molecule has 84 valence electrons. The van der Waals surface area contributed by atoms with E-state index in [1.807, 2.05) is 19.2 Å². The van der Waals surface area contributed by atoms with E-state index in [1.165, 1.54) is 0 Å². The van der Waals surface area contributed by atoms with Crippen molar-refractivity contribution in [1.29, 1.82) is 0 Å². The number of nitrogens with zero attached hydrogens (tertiary/aromatic N) is 3. The summed E-state index contributed by atoms with van der Waals surface area (Å²) in [6, 6.07) is 1.92. The first-order valence-corrected chi connectivity index (χ1v) is 5.04. The predicted octanol–water partition coefficient (Wildman–Crippen LogP) is 0.992. The maximum absolute atomic E-state index is 5.64. The maximum atomic E-state index is 5.64. The molecular formula is C10H17ClN4. The van der Waals surface area contributed by atoms with E-state index in [1.54, 1.807) is 0 Å². The second-order valence-electron chi connectivity index (χ2n) is 3.83. The smallest absolute Gasteiger partial charge is 0.225 e. The van der Waals surface area contributed by atoms with Crippen molar-refractivity contribution in [2.24, 2.45) is 11.7 Å². The Morgan fingerprint density at radius 2 is 2.40 bits per heavy atom. The lowest BCUT2D eigenvalue weighted by Gasteiger charge is -2.15. The zero-order valence-electron chi connectivity index (χ0n) is 8.89. The monoisotopic (exact) mass is 228 g/mol. The number of halogens is 1. The quantitative estimate of drug-likeness (QED) is 0.821. The lowest BCUT2D eigenvalue weighted by Crippen LogP contribution is -2.24. The maximum Gasteiger partial charge on any atom is 0.225 e. The van der Waals surface area contributed by atoms with Crippen LogP contribution >= 0.6 is 12.4 Å². The zero-order chi connectivity index (χ0) is 9.97. The van der Waals surface area contributed by atoms with Gasteiger partial charge in [0.15, 0.2) is 0 Å². The van der Waals surface area contributed by atoms with E-state index >= 15 is 0 Å². The standard InChI is InChI=1S/C10H16N4.ClH/c1-8-2-4-12-10(13-8)14-5-3-9(6-11)7-14;/h2,4,9H,3,5-7,11H2,1H3;1H. The summed E-state index contributed by atoms with van der Waals surface area (Å²) in [7, 11) is 0. The van der Waals surface area contributed by atoms with Gasteiger partial charge in [-0.2, -0.15) is 0 Å². The SMILES string of the molecule is Cc1ccnc(N2CCC(CN)C2)n1.Cl. The van der Waals surface area contributed by atoms with Gasteiger partial charge in [0.1, 0.15) is 0 Å². The molecule has 1 aromatic heterocycles. The topological polar surface area (TPSA) is 55.0 Å². The third-order valence-corrected chi connectivity index (χ3v) is 2.68. The highest BCUT2D eigenvalue weighted by Gasteiger charge is 2.22. The zero-order valence-corrected chi connectivity index (χ0v) is 9.70. The van der Waals surface area contributed by atoms with Crippen molar-refractivity contribution in [2.75, 3.05) is 24.5 Å². The van der Waals surface area contributed by atoms with Crippen LogP contribution in [-0.4, -0.2) is 29.6 Å². The van der Waals surface area contributed by atoms with Crippen LogP contribution in [0.15, 0.2) is 12.3 Å². The van der Waals surface area contributed by atoms with Crippen LogP contribution < -0.4 is 10.6 Å². The lowest BCUT2D eigenvalue weighted by molar-refractivity contribution is 0.601. The van der Waals surface area contributed by atoms with Gasteiger partial charge in [-0.15, -0.1) is 12.4 Å². The highest BCUT2D eigenvalue weighted by Crippen LogP contribution is 2.19. The van der Waals surface area contributed by atoms with Crippen LogP contribution in [-0.2, 0) is 0 Å². The summed E-state index contributed by atoms with van der Waals surface area (Å²) in [6.45, 7) is 4.79. The minimum Gasteiger partial charge on any atom is -0.340 e. The van der Waals surface area contributed by atoms with E-state index in [2.05, 4.69) is 14.9 Å². The molecule has 1 saturated heterocycles. The average Bonchev–Trinajstić information content (AvgIpc) is 2.66. The van der Waals surface area contributed by atoms with Crippen LogP contribution in [0.4, 0.5) is 5.95 Å². The van der Waals surface area contributed by atoms with Gasteiger partial charge < -0.3 is 10.6 Å². The Bertz CT molecular complexity index is 318. The third-order valence-electron chi connectivity index (χ3n) is 2.68. The molecule has 1 aliphatic heterocycles. The summed E-state index contributed by atoms with van der Waals surface area (Å²) in [5.74, 6) is 1.46. The molecule has 2 rings (SSSR count). The fourth-order valence-electron chi connectivity index (χ4n) is 1.79. The number of hydrogen-bond acceptors (Lipinski definition) is 4. The van der Waals surface area contributed by atoms with Crippen LogP contribution in [0.1, 0.15) is 12.1 Å². The van der Waals surface area contributed by atoms with E-state index in [-0.39, 0.29) is 12.4 Å². The van der Waals surface area contributed by atoms with E-state index in [0.29, 0.717) is 5.92 Å². The van der Waals surface area contributed by atoms with Crippen LogP contribution in [0.2, 0.25) is 0 Å². The molecule has 1 fully saturated rings. The minimum atomic E-state index is 0. The summed E-state index contributed by atoms with van der Waals surface area (Å²) >= 11 is 0. The second-order valence-corrected chi connectivity index (χ2v) is 3.83. The molecular weight excluding hydrogens is 212 g/mol. The van der Waals surface area contributed by atoms with Crippen molar-refractivity contribution in [1.82, 2.24) is 9.97 Å². The van der Waals surface area contributed by atoms with Crippen molar-refractivity contribution in [3.63, 3.8) is 0 Å². The van der Waals surface area contributed by atoms with Crippen LogP contribution in [0.3, 0.4) is 0 Å². The van der Waals surface area contributed by atoms with Crippen molar-refractivity contribution in [3.8, 4) is 0 Å². The normalized spacial score (nSPS) is 20.1. The third kappa shape index (κ3) is 2.79. The van der Waals surface area contributed by atoms with Crippen LogP contribution in [0, 0.1) is 12.8 Å². The van der Waals surface area contributed by atoms with Crippen LogP contribution in [0.25, 0.3) is 0 Å². The molecule has 1 aliphatic rings. The van der Waals surface area contributed by atoms with Gasteiger partial charge in [0.05, 0.1) is 0 Å². The number of aryl methyl sites for hydroxylation is 1. The van der Waals surface area contributed by atoms with E-state index < -0.39 is 0 Å². The first-order chi connectivity index (χ1) is 6.79. The Hall–Kier alpha value is -0.870. The van der Waals surface area contributed by atoms with Gasteiger partial charge in [-0.1, -0.05) is 0 Å². The molecule has 0 spiro atoms. The Labute approximate surface area is 96.3 Å². The molecule has 1 aromatic rings. The number of rotatable bonds is 2. The predicted molar refractivity (Wildman–Crippen MR) is 63.4 cm³/mol. The molecule has 0 saturated carbocycles. The number of anilines is 1. The fraction of sp³-hybridized carbons (Fsp3) is 0.600. The first-order valence-electron chi connectivity index (χ1n) is 5.04. The molecule has 1 unspecified atom stereocenters. The molecule has 0 aliphatic carbocycles. The summed E-state index contributed by atoms with van der Waals surface area (Å²) in [6.07, 6.45) is 2.97. The summed E-state index contributed by atoms with van der Waals surface area (Å²) in [5.41, 5.74) is 6.66. The minimum absolute atomic E-state index is 0. The Morgan fingerprint density at radius 3 is 3.00 bits per heavy atom. The summed E-state index contributed by atoms with van der Waals surface area (Å²) < 4.78 is 0. The summed E-state index contributed by atoms with van der Waals surface area (Å²) in [4.78, 5) is 10.9. The molecule has 0 amide bonds. The second kappa shape index (κ2) is 5.28. The molecule has 4 nitrogen and oxygen atoms in total. The molecule has 15 heavy (non-hydrogen) atoms. The Balaban J connectivity index is 0.00000112. The van der Waals surface area contributed by atoms with Gasteiger partial charge in [0.25, 0.3) is 0 Å².